The van der Waals surface area contributed by atoms with E-state index >= 15 is 0 Å². The zero-order valence-corrected chi connectivity index (χ0v) is 13.1. The Morgan fingerprint density at radius 1 is 1.38 bits per heavy atom. The van der Waals surface area contributed by atoms with Crippen molar-refractivity contribution < 1.29 is 4.79 Å². The summed E-state index contributed by atoms with van der Waals surface area (Å²) < 4.78 is 0. The molecular weight excluding hydrogens is 282 g/mol. The van der Waals surface area contributed by atoms with Gasteiger partial charge in [-0.25, -0.2) is 4.98 Å². The fraction of sp³-hybridized carbons (Fsp3) is 0.500. The van der Waals surface area contributed by atoms with Gasteiger partial charge in [0.1, 0.15) is 9.71 Å². The lowest BCUT2D eigenvalue weighted by atomic mass is 9.97. The number of rotatable bonds is 2. The van der Waals surface area contributed by atoms with Crippen molar-refractivity contribution in [2.45, 2.75) is 45.1 Å². The standard InChI is InChI=1S/C16H21N3OS/c1-10-6-3-2-4-8-12(10)19-15(20)14-13(17)11-7-5-9-18-16(11)21-14/h5,7,9-10,12H,2-4,6,8,17H2,1H3,(H,19,20). The van der Waals surface area contributed by atoms with Crippen LogP contribution in [0.4, 0.5) is 5.69 Å². The summed E-state index contributed by atoms with van der Waals surface area (Å²) in [5.41, 5.74) is 6.68. The van der Waals surface area contributed by atoms with Crippen LogP contribution in [-0.4, -0.2) is 16.9 Å². The molecule has 2 aromatic rings. The number of pyridine rings is 1. The van der Waals surface area contributed by atoms with Gasteiger partial charge in [0.2, 0.25) is 0 Å². The minimum atomic E-state index is -0.0470. The van der Waals surface area contributed by atoms with Crippen molar-refractivity contribution in [3.63, 3.8) is 0 Å². The van der Waals surface area contributed by atoms with Crippen LogP contribution < -0.4 is 11.1 Å². The van der Waals surface area contributed by atoms with Crippen molar-refractivity contribution in [2.75, 3.05) is 5.73 Å². The Bertz CT molecular complexity index is 652. The molecule has 1 fully saturated rings. The Morgan fingerprint density at radius 3 is 3.00 bits per heavy atom. The zero-order chi connectivity index (χ0) is 14.8. The molecule has 2 unspecified atom stereocenters. The Kier molecular flexibility index (Phi) is 4.10. The summed E-state index contributed by atoms with van der Waals surface area (Å²) in [6, 6.07) is 4.03. The summed E-state index contributed by atoms with van der Waals surface area (Å²) in [4.78, 5) is 18.3. The van der Waals surface area contributed by atoms with Crippen LogP contribution in [0.3, 0.4) is 0 Å². The van der Waals surface area contributed by atoms with Crippen molar-refractivity contribution >= 4 is 33.1 Å². The number of carbonyl (C=O) groups is 1. The van der Waals surface area contributed by atoms with Gasteiger partial charge < -0.3 is 11.1 Å². The summed E-state index contributed by atoms with van der Waals surface area (Å²) in [6.45, 7) is 2.23. The first-order chi connectivity index (χ1) is 10.2. The van der Waals surface area contributed by atoms with Crippen LogP contribution in [0.1, 0.15) is 48.7 Å². The predicted molar refractivity (Wildman–Crippen MR) is 87.5 cm³/mol. The van der Waals surface area contributed by atoms with Crippen molar-refractivity contribution in [1.29, 1.82) is 0 Å². The Balaban J connectivity index is 1.81. The normalized spacial score (nSPS) is 22.9. The second-order valence-electron chi connectivity index (χ2n) is 5.90. The maximum Gasteiger partial charge on any atom is 0.263 e. The number of hydrogen-bond acceptors (Lipinski definition) is 4. The molecular formula is C16H21N3OS. The summed E-state index contributed by atoms with van der Waals surface area (Å²) in [5.74, 6) is 0.486. The van der Waals surface area contributed by atoms with Crippen LogP contribution in [0, 0.1) is 5.92 Å². The highest BCUT2D eigenvalue weighted by molar-refractivity contribution is 7.21. The quantitative estimate of drug-likeness (QED) is 0.833. The van der Waals surface area contributed by atoms with Crippen LogP contribution in [0.15, 0.2) is 18.3 Å². The first-order valence-corrected chi connectivity index (χ1v) is 8.42. The van der Waals surface area contributed by atoms with Crippen LogP contribution in [-0.2, 0) is 0 Å². The molecule has 3 rings (SSSR count). The molecule has 0 spiro atoms. The number of nitrogens with one attached hydrogen (secondary N) is 1. The van der Waals surface area contributed by atoms with E-state index in [2.05, 4.69) is 17.2 Å². The fourth-order valence-electron chi connectivity index (χ4n) is 3.06. The molecule has 3 N–H and O–H groups in total. The van der Waals surface area contributed by atoms with Crippen LogP contribution >= 0.6 is 11.3 Å². The topological polar surface area (TPSA) is 68.0 Å². The molecule has 1 amide bonds. The highest BCUT2D eigenvalue weighted by Gasteiger charge is 2.24. The van der Waals surface area contributed by atoms with E-state index in [0.29, 0.717) is 16.5 Å². The molecule has 21 heavy (non-hydrogen) atoms. The molecule has 2 aromatic heterocycles. The monoisotopic (exact) mass is 303 g/mol. The highest BCUT2D eigenvalue weighted by atomic mass is 32.1. The third-order valence-corrected chi connectivity index (χ3v) is 5.52. The lowest BCUT2D eigenvalue weighted by Gasteiger charge is -2.22. The van der Waals surface area contributed by atoms with E-state index in [1.807, 2.05) is 12.1 Å². The first-order valence-electron chi connectivity index (χ1n) is 7.60. The van der Waals surface area contributed by atoms with E-state index in [4.69, 9.17) is 5.73 Å². The molecule has 0 bridgehead atoms. The zero-order valence-electron chi connectivity index (χ0n) is 12.3. The van der Waals surface area contributed by atoms with Crippen LogP contribution in [0.25, 0.3) is 10.2 Å². The minimum Gasteiger partial charge on any atom is -0.397 e. The van der Waals surface area contributed by atoms with E-state index in [1.54, 1.807) is 6.20 Å². The molecule has 0 aromatic carbocycles. The molecule has 1 aliphatic rings. The van der Waals surface area contributed by atoms with E-state index < -0.39 is 0 Å². The van der Waals surface area contributed by atoms with E-state index in [0.717, 1.165) is 16.6 Å². The molecule has 0 saturated heterocycles. The SMILES string of the molecule is CC1CCCCCC1NC(=O)c1sc2ncccc2c1N. The molecule has 0 radical (unpaired) electrons. The van der Waals surface area contributed by atoms with Gasteiger partial charge in [0.15, 0.2) is 0 Å². The van der Waals surface area contributed by atoms with E-state index in [9.17, 15) is 4.79 Å². The number of nitrogens with zero attached hydrogens (tertiary/aromatic N) is 1. The number of carbonyl (C=O) groups excluding carboxylic acids is 1. The number of amides is 1. The van der Waals surface area contributed by atoms with E-state index in [1.165, 1.54) is 37.0 Å². The minimum absolute atomic E-state index is 0.0470. The van der Waals surface area contributed by atoms with Crippen LogP contribution in [0.2, 0.25) is 0 Å². The molecule has 2 heterocycles. The smallest absolute Gasteiger partial charge is 0.263 e. The average molecular weight is 303 g/mol. The number of nitrogen functional groups attached to an aromatic ring is 1. The lowest BCUT2D eigenvalue weighted by Crippen LogP contribution is -2.38. The summed E-state index contributed by atoms with van der Waals surface area (Å²) in [6.07, 6.45) is 7.71. The largest absolute Gasteiger partial charge is 0.397 e. The number of nitrogens with two attached hydrogens (primary N) is 1. The van der Waals surface area contributed by atoms with Crippen molar-refractivity contribution in [1.82, 2.24) is 10.3 Å². The van der Waals surface area contributed by atoms with Gasteiger partial charge in [-0.3, -0.25) is 4.79 Å². The van der Waals surface area contributed by atoms with Crippen molar-refractivity contribution in [3.05, 3.63) is 23.2 Å². The Labute approximate surface area is 128 Å². The summed E-state index contributed by atoms with van der Waals surface area (Å²) in [5, 5.41) is 4.07. The number of thiophene rings is 1. The lowest BCUT2D eigenvalue weighted by molar-refractivity contribution is 0.0926. The van der Waals surface area contributed by atoms with Gasteiger partial charge in [0.25, 0.3) is 5.91 Å². The van der Waals surface area contributed by atoms with Gasteiger partial charge >= 0.3 is 0 Å². The molecule has 4 nitrogen and oxygen atoms in total. The van der Waals surface area contributed by atoms with Gasteiger partial charge in [-0.2, -0.15) is 0 Å². The molecule has 1 saturated carbocycles. The highest BCUT2D eigenvalue weighted by Crippen LogP contribution is 2.32. The fourth-order valence-corrected chi connectivity index (χ4v) is 4.03. The van der Waals surface area contributed by atoms with Gasteiger partial charge in [0, 0.05) is 17.6 Å². The number of aromatic nitrogens is 1. The third-order valence-electron chi connectivity index (χ3n) is 4.39. The maximum atomic E-state index is 12.6. The molecule has 0 aliphatic heterocycles. The van der Waals surface area contributed by atoms with E-state index in [-0.39, 0.29) is 11.9 Å². The van der Waals surface area contributed by atoms with Crippen LogP contribution in [0.5, 0.6) is 0 Å². The Hall–Kier alpha value is -1.62. The summed E-state index contributed by atoms with van der Waals surface area (Å²) >= 11 is 1.38. The molecule has 5 heteroatoms. The second-order valence-corrected chi connectivity index (χ2v) is 6.90. The van der Waals surface area contributed by atoms with Gasteiger partial charge in [0.05, 0.1) is 5.69 Å². The average Bonchev–Trinajstić information content (AvgIpc) is 2.69. The number of hydrogen-bond donors (Lipinski definition) is 2. The predicted octanol–water partition coefficient (Wildman–Crippen LogP) is 3.58. The van der Waals surface area contributed by atoms with Gasteiger partial charge in [-0.1, -0.05) is 26.2 Å². The second kappa shape index (κ2) is 6.02. The Morgan fingerprint density at radius 2 is 2.19 bits per heavy atom. The van der Waals surface area contributed by atoms with Gasteiger partial charge in [-0.05, 0) is 30.9 Å². The van der Waals surface area contributed by atoms with Crippen molar-refractivity contribution in [3.8, 4) is 0 Å². The summed E-state index contributed by atoms with van der Waals surface area (Å²) in [7, 11) is 0. The maximum absolute atomic E-state index is 12.6. The third kappa shape index (κ3) is 2.88. The molecule has 1 aliphatic carbocycles. The van der Waals surface area contributed by atoms with Gasteiger partial charge in [-0.15, -0.1) is 11.3 Å². The molecule has 2 atom stereocenters. The first kappa shape index (κ1) is 14.3. The molecule has 112 valence electrons. The number of fused-ring (bicyclic) bond motifs is 1. The van der Waals surface area contributed by atoms with Crippen molar-refractivity contribution in [2.24, 2.45) is 5.92 Å². The number of anilines is 1.